The molecular formula is C31H36N4O2. The molecule has 0 fully saturated rings. The minimum atomic E-state index is -0.808. The SMILES string of the molecule is CC[C@H]1CCc2ccccc2CN(Cc2cc(C(CC(=O)O)c3ccc4c(c3)nnn4C)ccc2C)C1. The molecule has 5 rings (SSSR count). The zero-order valence-corrected chi connectivity index (χ0v) is 22.0. The Morgan fingerprint density at radius 1 is 1.08 bits per heavy atom. The average molecular weight is 497 g/mol. The third-order valence-corrected chi connectivity index (χ3v) is 8.01. The lowest BCUT2D eigenvalue weighted by Gasteiger charge is -2.31. The van der Waals surface area contributed by atoms with Gasteiger partial charge in [0.05, 0.1) is 11.9 Å². The van der Waals surface area contributed by atoms with Gasteiger partial charge < -0.3 is 5.11 Å². The van der Waals surface area contributed by atoms with Crippen molar-refractivity contribution < 1.29 is 9.90 Å². The van der Waals surface area contributed by atoms with Crippen LogP contribution in [0.5, 0.6) is 0 Å². The van der Waals surface area contributed by atoms with E-state index in [9.17, 15) is 9.90 Å². The van der Waals surface area contributed by atoms with Gasteiger partial charge in [-0.2, -0.15) is 0 Å². The number of aliphatic carboxylic acids is 1. The number of hydrogen-bond acceptors (Lipinski definition) is 4. The first-order chi connectivity index (χ1) is 17.9. The highest BCUT2D eigenvalue weighted by molar-refractivity contribution is 5.76. The van der Waals surface area contributed by atoms with Gasteiger partial charge in [0.25, 0.3) is 0 Å². The molecule has 0 saturated carbocycles. The van der Waals surface area contributed by atoms with Crippen molar-refractivity contribution in [2.75, 3.05) is 6.54 Å². The lowest BCUT2D eigenvalue weighted by Crippen LogP contribution is -2.31. The Kier molecular flexibility index (Phi) is 7.38. The van der Waals surface area contributed by atoms with Crippen LogP contribution in [0.3, 0.4) is 0 Å². The maximum Gasteiger partial charge on any atom is 0.304 e. The molecule has 0 radical (unpaired) electrons. The summed E-state index contributed by atoms with van der Waals surface area (Å²) in [5.74, 6) is -0.382. The third-order valence-electron chi connectivity index (χ3n) is 8.01. The average Bonchev–Trinajstić information content (AvgIpc) is 3.25. The van der Waals surface area contributed by atoms with E-state index in [0.29, 0.717) is 5.92 Å². The summed E-state index contributed by atoms with van der Waals surface area (Å²) in [7, 11) is 1.86. The first-order valence-corrected chi connectivity index (χ1v) is 13.3. The van der Waals surface area contributed by atoms with Crippen molar-refractivity contribution >= 4 is 17.0 Å². The second-order valence-corrected chi connectivity index (χ2v) is 10.5. The minimum absolute atomic E-state index is 0.0310. The number of benzene rings is 3. The minimum Gasteiger partial charge on any atom is -0.481 e. The van der Waals surface area contributed by atoms with E-state index in [0.717, 1.165) is 48.2 Å². The van der Waals surface area contributed by atoms with Crippen molar-refractivity contribution in [3.63, 3.8) is 0 Å². The molecule has 1 aliphatic rings. The number of carboxylic acids is 1. The Labute approximate surface area is 218 Å². The second-order valence-electron chi connectivity index (χ2n) is 10.5. The predicted octanol–water partition coefficient (Wildman–Crippen LogP) is 5.86. The molecule has 1 unspecified atom stereocenters. The van der Waals surface area contributed by atoms with Crippen LogP contribution in [-0.4, -0.2) is 37.5 Å². The molecule has 0 aliphatic carbocycles. The first kappa shape index (κ1) is 25.2. The Morgan fingerprint density at radius 3 is 2.62 bits per heavy atom. The highest BCUT2D eigenvalue weighted by Crippen LogP contribution is 2.32. The summed E-state index contributed by atoms with van der Waals surface area (Å²) < 4.78 is 1.74. The molecule has 6 heteroatoms. The van der Waals surface area contributed by atoms with Gasteiger partial charge in [-0.15, -0.1) is 5.10 Å². The number of fused-ring (bicyclic) bond motifs is 2. The number of aromatic nitrogens is 3. The second kappa shape index (κ2) is 10.9. The van der Waals surface area contributed by atoms with Crippen molar-refractivity contribution in [2.24, 2.45) is 13.0 Å². The molecule has 1 aromatic heterocycles. The first-order valence-electron chi connectivity index (χ1n) is 13.3. The molecule has 1 N–H and O–H groups in total. The van der Waals surface area contributed by atoms with Gasteiger partial charge in [-0.05, 0) is 71.2 Å². The van der Waals surface area contributed by atoms with Crippen molar-refractivity contribution in [1.29, 1.82) is 0 Å². The van der Waals surface area contributed by atoms with Crippen molar-refractivity contribution in [3.8, 4) is 0 Å². The molecular weight excluding hydrogens is 460 g/mol. The van der Waals surface area contributed by atoms with E-state index in [1.807, 2.05) is 25.2 Å². The number of nitrogens with zero attached hydrogens (tertiary/aromatic N) is 4. The fraction of sp³-hybridized carbons (Fsp3) is 0.387. The highest BCUT2D eigenvalue weighted by atomic mass is 16.4. The van der Waals surface area contributed by atoms with Crippen molar-refractivity contribution in [2.45, 2.75) is 58.5 Å². The summed E-state index contributed by atoms with van der Waals surface area (Å²) in [5.41, 5.74) is 9.11. The summed E-state index contributed by atoms with van der Waals surface area (Å²) >= 11 is 0. The molecule has 1 aliphatic heterocycles. The zero-order valence-electron chi connectivity index (χ0n) is 22.0. The van der Waals surface area contributed by atoms with E-state index in [4.69, 9.17) is 0 Å². The smallest absolute Gasteiger partial charge is 0.304 e. The Hall–Kier alpha value is -3.51. The normalized spacial score (nSPS) is 17.2. The predicted molar refractivity (Wildman–Crippen MR) is 146 cm³/mol. The summed E-state index contributed by atoms with van der Waals surface area (Å²) in [6, 6.07) is 21.3. The van der Waals surface area contributed by atoms with Crippen molar-refractivity contribution in [3.05, 3.63) is 94.0 Å². The fourth-order valence-corrected chi connectivity index (χ4v) is 5.73. The van der Waals surface area contributed by atoms with E-state index in [1.54, 1.807) is 4.68 Å². The number of carboxylic acid groups (broad SMARTS) is 1. The standard InChI is InChI=1S/C31H36N4O2/c1-4-22-10-12-23-7-5-6-8-26(23)19-35(18-22)20-27-15-24(11-9-21(27)2)28(17-31(36)37)25-13-14-30-29(16-25)32-33-34(30)3/h5-9,11,13-16,22,28H,4,10,12,17-20H2,1-3H3,(H,36,37)/t22-,28?/m0/s1. The summed E-state index contributed by atoms with van der Waals surface area (Å²) in [5, 5.41) is 18.1. The molecule has 0 amide bonds. The molecule has 2 atom stereocenters. The molecule has 3 aromatic carbocycles. The van der Waals surface area contributed by atoms with Crippen LogP contribution >= 0.6 is 0 Å². The van der Waals surface area contributed by atoms with Crippen LogP contribution in [0.25, 0.3) is 11.0 Å². The van der Waals surface area contributed by atoms with Crippen molar-refractivity contribution in [1.82, 2.24) is 19.9 Å². The lowest BCUT2D eigenvalue weighted by atomic mass is 9.86. The van der Waals surface area contributed by atoms with Gasteiger partial charge in [0.1, 0.15) is 5.52 Å². The number of hydrogen-bond donors (Lipinski definition) is 1. The molecule has 0 saturated heterocycles. The Balaban J connectivity index is 1.47. The Bertz CT molecular complexity index is 1410. The lowest BCUT2D eigenvalue weighted by molar-refractivity contribution is -0.137. The van der Waals surface area contributed by atoms with Gasteiger partial charge in [-0.3, -0.25) is 9.69 Å². The molecule has 0 bridgehead atoms. The van der Waals surface area contributed by atoms with Gasteiger partial charge in [0.15, 0.2) is 0 Å². The van der Waals surface area contributed by atoms with Crippen LogP contribution in [0.15, 0.2) is 60.7 Å². The topological polar surface area (TPSA) is 71.2 Å². The van der Waals surface area contributed by atoms with Crippen LogP contribution in [0, 0.1) is 12.8 Å². The number of aryl methyl sites for hydroxylation is 3. The summed E-state index contributed by atoms with van der Waals surface area (Å²) in [6.45, 7) is 7.33. The fourth-order valence-electron chi connectivity index (χ4n) is 5.73. The van der Waals surface area contributed by atoms with Crippen LogP contribution in [0.1, 0.15) is 65.5 Å². The van der Waals surface area contributed by atoms with Gasteiger partial charge in [0, 0.05) is 32.6 Å². The molecule has 2 heterocycles. The highest BCUT2D eigenvalue weighted by Gasteiger charge is 2.22. The van der Waals surface area contributed by atoms with Crippen LogP contribution in [0.4, 0.5) is 0 Å². The molecule has 6 nitrogen and oxygen atoms in total. The van der Waals surface area contributed by atoms with E-state index in [1.165, 1.54) is 35.1 Å². The largest absolute Gasteiger partial charge is 0.481 e. The number of rotatable bonds is 7. The molecule has 192 valence electrons. The zero-order chi connectivity index (χ0) is 25.9. The number of carbonyl (C=O) groups is 1. The summed E-state index contributed by atoms with van der Waals surface area (Å²) in [6.07, 6.45) is 3.59. The van der Waals surface area contributed by atoms with Gasteiger partial charge in [-0.25, -0.2) is 4.68 Å². The summed E-state index contributed by atoms with van der Waals surface area (Å²) in [4.78, 5) is 14.5. The van der Waals surface area contributed by atoms with Crippen LogP contribution < -0.4 is 0 Å². The monoisotopic (exact) mass is 496 g/mol. The molecule has 4 aromatic rings. The molecule has 0 spiro atoms. The van der Waals surface area contributed by atoms with Gasteiger partial charge in [-0.1, -0.05) is 67.1 Å². The van der Waals surface area contributed by atoms with E-state index in [-0.39, 0.29) is 12.3 Å². The van der Waals surface area contributed by atoms with Crippen LogP contribution in [-0.2, 0) is 31.4 Å². The van der Waals surface area contributed by atoms with E-state index >= 15 is 0 Å². The quantitative estimate of drug-likeness (QED) is 0.347. The third kappa shape index (κ3) is 5.59. The molecule has 37 heavy (non-hydrogen) atoms. The van der Waals surface area contributed by atoms with Crippen LogP contribution in [0.2, 0.25) is 0 Å². The van der Waals surface area contributed by atoms with E-state index < -0.39 is 5.97 Å². The van der Waals surface area contributed by atoms with E-state index in [2.05, 4.69) is 71.5 Å². The van der Waals surface area contributed by atoms with Gasteiger partial charge in [0.2, 0.25) is 0 Å². The maximum atomic E-state index is 11.9. The van der Waals surface area contributed by atoms with Gasteiger partial charge >= 0.3 is 5.97 Å². The Morgan fingerprint density at radius 2 is 1.84 bits per heavy atom. The maximum absolute atomic E-state index is 11.9.